The second-order valence-corrected chi connectivity index (χ2v) is 7.66. The molecular weight excluding hydrogens is 340 g/mol. The smallest absolute Gasteiger partial charge is 0.210 e. The monoisotopic (exact) mass is 358 g/mol. The molecule has 0 radical (unpaired) electrons. The van der Waals surface area contributed by atoms with E-state index < -0.39 is 0 Å². The molecule has 0 fully saturated rings. The van der Waals surface area contributed by atoms with Crippen LogP contribution in [0.4, 0.5) is 0 Å². The molecule has 5 nitrogen and oxygen atoms in total. The Morgan fingerprint density at radius 3 is 2.71 bits per heavy atom. The molecule has 124 valence electrons. The predicted molar refractivity (Wildman–Crippen MR) is 96.8 cm³/mol. The fourth-order valence-electron chi connectivity index (χ4n) is 2.22. The van der Waals surface area contributed by atoms with Crippen LogP contribution in [-0.2, 0) is 6.54 Å². The Bertz CT molecular complexity index is 794. The average molecular weight is 358 g/mol. The maximum Gasteiger partial charge on any atom is 0.210 e. The van der Waals surface area contributed by atoms with Crippen molar-refractivity contribution in [2.75, 3.05) is 5.75 Å². The van der Waals surface area contributed by atoms with Crippen molar-refractivity contribution < 1.29 is 4.79 Å². The van der Waals surface area contributed by atoms with Crippen LogP contribution >= 0.6 is 23.1 Å². The van der Waals surface area contributed by atoms with Gasteiger partial charge < -0.3 is 0 Å². The molecule has 0 aliphatic rings. The lowest BCUT2D eigenvalue weighted by Gasteiger charge is -2.06. The third-order valence-corrected chi connectivity index (χ3v) is 5.43. The Hall–Kier alpha value is -1.99. The number of hydrogen-bond donors (Lipinski definition) is 0. The first kappa shape index (κ1) is 16.9. The van der Waals surface area contributed by atoms with Gasteiger partial charge >= 0.3 is 0 Å². The fourth-order valence-corrected chi connectivity index (χ4v) is 3.67. The quantitative estimate of drug-likeness (QED) is 0.474. The average Bonchev–Trinajstić information content (AvgIpc) is 3.25. The largest absolute Gasteiger partial charge is 0.293 e. The normalized spacial score (nSPS) is 11.1. The van der Waals surface area contributed by atoms with Gasteiger partial charge in [0.15, 0.2) is 5.78 Å². The number of thiophene rings is 1. The van der Waals surface area contributed by atoms with Crippen molar-refractivity contribution in [2.45, 2.75) is 31.5 Å². The number of nitrogens with zero attached hydrogens (tertiary/aromatic N) is 4. The number of benzene rings is 1. The van der Waals surface area contributed by atoms with E-state index in [2.05, 4.69) is 29.4 Å². The van der Waals surface area contributed by atoms with Crippen LogP contribution in [0.25, 0.3) is 0 Å². The molecule has 7 heteroatoms. The fraction of sp³-hybridized carbons (Fsp3) is 0.294. The second-order valence-electron chi connectivity index (χ2n) is 5.69. The van der Waals surface area contributed by atoms with E-state index in [1.807, 2.05) is 41.8 Å². The molecule has 2 heterocycles. The van der Waals surface area contributed by atoms with Gasteiger partial charge in [0.25, 0.3) is 0 Å². The summed E-state index contributed by atoms with van der Waals surface area (Å²) in [5.74, 6) is 0.873. The van der Waals surface area contributed by atoms with Crippen molar-refractivity contribution in [2.24, 2.45) is 0 Å². The maximum atomic E-state index is 12.4. The van der Waals surface area contributed by atoms with Gasteiger partial charge in [0, 0.05) is 10.4 Å². The van der Waals surface area contributed by atoms with Gasteiger partial charge in [0.05, 0.1) is 12.3 Å². The van der Waals surface area contributed by atoms with Gasteiger partial charge in [-0.05, 0) is 33.4 Å². The summed E-state index contributed by atoms with van der Waals surface area (Å²) in [6.07, 6.45) is 0. The lowest BCUT2D eigenvalue weighted by atomic mass is 10.0. The van der Waals surface area contributed by atoms with Gasteiger partial charge in [0.1, 0.15) is 0 Å². The summed E-state index contributed by atoms with van der Waals surface area (Å²) >= 11 is 3.03. The third kappa shape index (κ3) is 4.10. The molecule has 0 aliphatic carbocycles. The first-order valence-corrected chi connectivity index (χ1v) is 9.54. The Balaban J connectivity index is 1.61. The van der Waals surface area contributed by atoms with Gasteiger partial charge in [-0.3, -0.25) is 4.79 Å². The molecule has 1 aromatic carbocycles. The van der Waals surface area contributed by atoms with E-state index in [4.69, 9.17) is 0 Å². The zero-order valence-corrected chi connectivity index (χ0v) is 15.2. The minimum absolute atomic E-state index is 0.0842. The number of carbonyl (C=O) groups excluding carboxylic acids is 1. The standard InChI is InChI=1S/C17H18N4OS2/c1-12(2)13-5-7-14(8-6-13)16(22)11-24-17-18-19-20-21(17)10-15-4-3-9-23-15/h3-9,12H,10-11H2,1-2H3. The number of rotatable bonds is 7. The molecule has 2 aromatic heterocycles. The molecule has 3 rings (SSSR count). The lowest BCUT2D eigenvalue weighted by Crippen LogP contribution is -2.06. The van der Waals surface area contributed by atoms with Gasteiger partial charge in [-0.1, -0.05) is 55.9 Å². The summed E-state index contributed by atoms with van der Waals surface area (Å²) in [5.41, 5.74) is 1.96. The number of Topliss-reactive ketones (excluding diaryl/α,β-unsaturated/α-hetero) is 1. The van der Waals surface area contributed by atoms with E-state index in [0.717, 1.165) is 5.56 Å². The summed E-state index contributed by atoms with van der Waals surface area (Å²) in [6, 6.07) is 11.9. The van der Waals surface area contributed by atoms with Gasteiger partial charge in [0.2, 0.25) is 5.16 Å². The molecule has 0 aliphatic heterocycles. The van der Waals surface area contributed by atoms with E-state index in [0.29, 0.717) is 23.4 Å². The van der Waals surface area contributed by atoms with Crippen molar-refractivity contribution >= 4 is 28.9 Å². The highest BCUT2D eigenvalue weighted by Gasteiger charge is 2.12. The number of ketones is 1. The summed E-state index contributed by atoms with van der Waals surface area (Å²) in [4.78, 5) is 13.5. The number of tetrazole rings is 1. The summed E-state index contributed by atoms with van der Waals surface area (Å²) in [7, 11) is 0. The molecule has 24 heavy (non-hydrogen) atoms. The van der Waals surface area contributed by atoms with Gasteiger partial charge in [-0.15, -0.1) is 16.4 Å². The molecule has 0 saturated carbocycles. The third-order valence-electron chi connectivity index (χ3n) is 3.62. The Morgan fingerprint density at radius 2 is 2.04 bits per heavy atom. The van der Waals surface area contributed by atoms with Crippen LogP contribution in [-0.4, -0.2) is 31.7 Å². The zero-order chi connectivity index (χ0) is 16.9. The van der Waals surface area contributed by atoms with E-state index in [1.165, 1.54) is 22.2 Å². The summed E-state index contributed by atoms with van der Waals surface area (Å²) in [6.45, 7) is 4.91. The van der Waals surface area contributed by atoms with E-state index in [1.54, 1.807) is 16.0 Å². The highest BCUT2D eigenvalue weighted by atomic mass is 32.2. The van der Waals surface area contributed by atoms with Crippen LogP contribution in [0.1, 0.15) is 40.6 Å². The highest BCUT2D eigenvalue weighted by Crippen LogP contribution is 2.20. The maximum absolute atomic E-state index is 12.4. The number of thioether (sulfide) groups is 1. The molecule has 0 saturated heterocycles. The van der Waals surface area contributed by atoms with Gasteiger partial charge in [-0.2, -0.15) is 0 Å². The van der Waals surface area contributed by atoms with Gasteiger partial charge in [-0.25, -0.2) is 4.68 Å². The minimum Gasteiger partial charge on any atom is -0.293 e. The zero-order valence-electron chi connectivity index (χ0n) is 13.5. The molecule has 0 spiro atoms. The van der Waals surface area contributed by atoms with Crippen molar-refractivity contribution in [3.63, 3.8) is 0 Å². The number of carbonyl (C=O) groups is 1. The number of hydrogen-bond acceptors (Lipinski definition) is 6. The van der Waals surface area contributed by atoms with Crippen LogP contribution in [0.15, 0.2) is 46.9 Å². The van der Waals surface area contributed by atoms with Crippen LogP contribution < -0.4 is 0 Å². The number of aromatic nitrogens is 4. The molecule has 0 N–H and O–H groups in total. The van der Waals surface area contributed by atoms with Crippen LogP contribution in [0.3, 0.4) is 0 Å². The Kier molecular flexibility index (Phi) is 5.42. The van der Waals surface area contributed by atoms with Crippen LogP contribution in [0.2, 0.25) is 0 Å². The van der Waals surface area contributed by atoms with Crippen molar-refractivity contribution in [1.82, 2.24) is 20.2 Å². The molecule has 0 bridgehead atoms. The topological polar surface area (TPSA) is 60.7 Å². The van der Waals surface area contributed by atoms with E-state index in [9.17, 15) is 4.79 Å². The van der Waals surface area contributed by atoms with Crippen LogP contribution in [0.5, 0.6) is 0 Å². The van der Waals surface area contributed by atoms with Crippen molar-refractivity contribution in [3.05, 3.63) is 57.8 Å². The molecule has 3 aromatic rings. The first-order chi connectivity index (χ1) is 11.6. The molecule has 0 unspecified atom stereocenters. The predicted octanol–water partition coefficient (Wildman–Crippen LogP) is 3.88. The van der Waals surface area contributed by atoms with Crippen molar-refractivity contribution in [1.29, 1.82) is 0 Å². The first-order valence-electron chi connectivity index (χ1n) is 7.68. The second kappa shape index (κ2) is 7.72. The minimum atomic E-state index is 0.0842. The Labute approximate surface area is 149 Å². The van der Waals surface area contributed by atoms with Crippen molar-refractivity contribution in [3.8, 4) is 0 Å². The molecule has 0 atom stereocenters. The van der Waals surface area contributed by atoms with E-state index in [-0.39, 0.29) is 5.78 Å². The molecular formula is C17H18N4OS2. The summed E-state index contributed by atoms with van der Waals surface area (Å²) in [5, 5.41) is 14.4. The van der Waals surface area contributed by atoms with Crippen LogP contribution in [0, 0.1) is 0 Å². The Morgan fingerprint density at radius 1 is 1.25 bits per heavy atom. The van der Waals surface area contributed by atoms with E-state index >= 15 is 0 Å². The summed E-state index contributed by atoms with van der Waals surface area (Å²) < 4.78 is 1.73. The molecule has 0 amide bonds. The SMILES string of the molecule is CC(C)c1ccc(C(=O)CSc2nnnn2Cc2cccs2)cc1. The lowest BCUT2D eigenvalue weighted by molar-refractivity contribution is 0.102. The highest BCUT2D eigenvalue weighted by molar-refractivity contribution is 7.99.